The molecule has 0 spiro atoms. The van der Waals surface area contributed by atoms with Crippen molar-refractivity contribution in [1.82, 2.24) is 29.9 Å². The van der Waals surface area contributed by atoms with E-state index in [1.165, 1.54) is 7.11 Å². The number of aromatic nitrogens is 6. The first-order valence-corrected chi connectivity index (χ1v) is 9.58. The molecule has 4 rings (SSSR count). The number of nitrogens with zero attached hydrogens (tertiary/aromatic N) is 6. The summed E-state index contributed by atoms with van der Waals surface area (Å²) in [6.45, 7) is -0.833. The number of hydrogen-bond acceptors (Lipinski definition) is 12. The number of anilines is 4. The van der Waals surface area contributed by atoms with Crippen LogP contribution in [-0.4, -0.2) is 62.9 Å². The van der Waals surface area contributed by atoms with E-state index in [0.29, 0.717) is 12.2 Å². The molecule has 1 aromatic carbocycles. The van der Waals surface area contributed by atoms with Gasteiger partial charge in [-0.3, -0.25) is 0 Å². The zero-order valence-corrected chi connectivity index (χ0v) is 17.2. The van der Waals surface area contributed by atoms with Crippen LogP contribution in [0.2, 0.25) is 0 Å². The van der Waals surface area contributed by atoms with Crippen LogP contribution in [0.15, 0.2) is 24.3 Å². The Balaban J connectivity index is 1.63. The third-order valence-electron chi connectivity index (χ3n) is 4.00. The topological polar surface area (TPSA) is 141 Å². The molecule has 6 bridgehead atoms. The van der Waals surface area contributed by atoms with Crippen LogP contribution in [0.4, 0.5) is 36.7 Å². The summed E-state index contributed by atoms with van der Waals surface area (Å²) in [4.78, 5) is 24.3. The third kappa shape index (κ3) is 6.41. The Morgan fingerprint density at radius 3 is 2.42 bits per heavy atom. The van der Waals surface area contributed by atoms with Gasteiger partial charge in [-0.15, -0.1) is 4.98 Å². The van der Waals surface area contributed by atoms with Crippen molar-refractivity contribution in [3.8, 4) is 18.0 Å². The summed E-state index contributed by atoms with van der Waals surface area (Å²) in [6.07, 6.45) is -4.54. The normalized spacial score (nSPS) is 13.6. The molecule has 2 aromatic heterocycles. The maximum Gasteiger partial charge on any atom is 0.422 e. The highest BCUT2D eigenvalue weighted by Crippen LogP contribution is 2.21. The number of hydrogen-bond donors (Lipinski definition) is 3. The van der Waals surface area contributed by atoms with Crippen LogP contribution in [-0.2, 0) is 6.61 Å². The molecular weight excluding hydrogens is 447 g/mol. The molecular formula is C18H18F3N9O3. The van der Waals surface area contributed by atoms with Gasteiger partial charge in [-0.1, -0.05) is 12.1 Å². The summed E-state index contributed by atoms with van der Waals surface area (Å²) in [6, 6.07) is 6.71. The Bertz CT molecular complexity index is 1120. The maximum absolute atomic E-state index is 12.6. The van der Waals surface area contributed by atoms with E-state index in [1.54, 1.807) is 18.2 Å². The number of halogens is 3. The molecule has 0 fully saturated rings. The van der Waals surface area contributed by atoms with Gasteiger partial charge in [0.25, 0.3) is 0 Å². The molecule has 0 saturated carbocycles. The number of ether oxygens (including phenoxy) is 3. The van der Waals surface area contributed by atoms with Crippen LogP contribution >= 0.6 is 0 Å². The van der Waals surface area contributed by atoms with Gasteiger partial charge in [-0.05, 0) is 17.7 Å². The van der Waals surface area contributed by atoms with Gasteiger partial charge in [-0.2, -0.15) is 38.1 Å². The molecule has 3 N–H and O–H groups in total. The van der Waals surface area contributed by atoms with Crippen LogP contribution in [0.1, 0.15) is 5.56 Å². The predicted molar refractivity (Wildman–Crippen MR) is 109 cm³/mol. The second-order valence-corrected chi connectivity index (χ2v) is 6.56. The molecule has 174 valence electrons. The lowest BCUT2D eigenvalue weighted by atomic mass is 10.2. The summed E-state index contributed by atoms with van der Waals surface area (Å²) in [5, 5.41) is 8.78. The molecule has 0 amide bonds. The number of alkyl halides is 3. The first-order valence-electron chi connectivity index (χ1n) is 9.58. The fourth-order valence-corrected chi connectivity index (χ4v) is 2.64. The van der Waals surface area contributed by atoms with Gasteiger partial charge in [0, 0.05) is 18.8 Å². The van der Waals surface area contributed by atoms with E-state index in [9.17, 15) is 13.2 Å². The molecule has 0 atom stereocenters. The fraction of sp³-hybridized carbons (Fsp3) is 0.333. The van der Waals surface area contributed by atoms with Crippen molar-refractivity contribution in [2.75, 3.05) is 42.8 Å². The third-order valence-corrected chi connectivity index (χ3v) is 4.00. The van der Waals surface area contributed by atoms with Gasteiger partial charge in [0.1, 0.15) is 6.61 Å². The fourth-order valence-electron chi connectivity index (χ4n) is 2.64. The molecule has 0 unspecified atom stereocenters. The Kier molecular flexibility index (Phi) is 6.37. The number of fused-ring (bicyclic) bond motifs is 6. The first kappa shape index (κ1) is 22.0. The minimum absolute atomic E-state index is 0.00255. The largest absolute Gasteiger partial charge is 0.467 e. The highest BCUT2D eigenvalue weighted by molar-refractivity contribution is 5.55. The molecule has 15 heteroatoms. The smallest absolute Gasteiger partial charge is 0.422 e. The van der Waals surface area contributed by atoms with E-state index < -0.39 is 18.8 Å². The number of methoxy groups -OCH3 is 1. The van der Waals surface area contributed by atoms with Crippen molar-refractivity contribution in [2.45, 2.75) is 12.8 Å². The molecule has 12 nitrogen and oxygen atoms in total. The molecule has 1 aliphatic rings. The molecule has 0 saturated heterocycles. The van der Waals surface area contributed by atoms with E-state index >= 15 is 0 Å². The second-order valence-electron chi connectivity index (χ2n) is 6.56. The second kappa shape index (κ2) is 9.54. The van der Waals surface area contributed by atoms with E-state index in [4.69, 9.17) is 14.2 Å². The Labute approximate surface area is 185 Å². The molecule has 1 aliphatic heterocycles. The van der Waals surface area contributed by atoms with Crippen LogP contribution in [0, 0.1) is 0 Å². The van der Waals surface area contributed by atoms with Gasteiger partial charge < -0.3 is 30.2 Å². The first-order chi connectivity index (χ1) is 15.9. The van der Waals surface area contributed by atoms with E-state index in [1.807, 2.05) is 6.07 Å². The maximum atomic E-state index is 12.6. The standard InChI is InChI=1S/C18H18F3N9O3/c1-31-15-26-13-23-6-5-22-12-25-14(29-16(27-12)33-9-18(19,20)21)24-11-4-2-3-10(7-11)8-32-17(28-13)30-15/h2-4,7H,5-6,8-9H2,1H3,(H,23,26,28,30)(H2,22,24,25,27,29). The lowest BCUT2D eigenvalue weighted by Crippen LogP contribution is -2.21. The van der Waals surface area contributed by atoms with Crippen molar-refractivity contribution < 1.29 is 27.4 Å². The van der Waals surface area contributed by atoms with Gasteiger partial charge >= 0.3 is 24.2 Å². The number of benzene rings is 1. The zero-order valence-electron chi connectivity index (χ0n) is 17.2. The Hall–Kier alpha value is -4.17. The molecule has 0 aliphatic carbocycles. The average Bonchev–Trinajstić information content (AvgIpc) is 2.78. The van der Waals surface area contributed by atoms with E-state index in [-0.39, 0.29) is 43.0 Å². The Morgan fingerprint density at radius 1 is 0.939 bits per heavy atom. The van der Waals surface area contributed by atoms with Crippen LogP contribution < -0.4 is 30.2 Å². The molecule has 0 radical (unpaired) electrons. The minimum Gasteiger partial charge on any atom is -0.467 e. The van der Waals surface area contributed by atoms with E-state index in [0.717, 1.165) is 5.56 Å². The highest BCUT2D eigenvalue weighted by atomic mass is 19.4. The SMILES string of the molecule is COc1nc2nc(n1)OCc1cccc(c1)Nc1nc(nc(OCC(F)(F)F)n1)NCCN2. The summed E-state index contributed by atoms with van der Waals surface area (Å²) in [7, 11) is 1.42. The number of nitrogens with one attached hydrogen (secondary N) is 3. The van der Waals surface area contributed by atoms with Gasteiger partial charge in [0.15, 0.2) is 6.61 Å². The summed E-state index contributed by atoms with van der Waals surface area (Å²) < 4.78 is 53.1. The van der Waals surface area contributed by atoms with Crippen molar-refractivity contribution in [1.29, 1.82) is 0 Å². The van der Waals surface area contributed by atoms with Crippen molar-refractivity contribution in [2.24, 2.45) is 0 Å². The highest BCUT2D eigenvalue weighted by Gasteiger charge is 2.29. The van der Waals surface area contributed by atoms with Crippen LogP contribution in [0.25, 0.3) is 0 Å². The Morgan fingerprint density at radius 2 is 1.67 bits per heavy atom. The average molecular weight is 465 g/mol. The zero-order chi connectivity index (χ0) is 23.3. The predicted octanol–water partition coefficient (Wildman–Crippen LogP) is 2.17. The summed E-state index contributed by atoms with van der Waals surface area (Å²) in [5.74, 6) is 0.237. The van der Waals surface area contributed by atoms with Crippen molar-refractivity contribution in [3.63, 3.8) is 0 Å². The quantitative estimate of drug-likeness (QED) is 0.522. The van der Waals surface area contributed by atoms with Crippen LogP contribution in [0.3, 0.4) is 0 Å². The van der Waals surface area contributed by atoms with Crippen LogP contribution in [0.5, 0.6) is 18.0 Å². The lowest BCUT2D eigenvalue weighted by molar-refractivity contribution is -0.154. The molecule has 3 heterocycles. The molecule has 3 aromatic rings. The minimum atomic E-state index is -4.54. The lowest BCUT2D eigenvalue weighted by Gasteiger charge is -2.13. The van der Waals surface area contributed by atoms with Crippen molar-refractivity contribution in [3.05, 3.63) is 29.8 Å². The van der Waals surface area contributed by atoms with Crippen molar-refractivity contribution >= 4 is 23.5 Å². The van der Waals surface area contributed by atoms with E-state index in [2.05, 4.69) is 45.9 Å². The molecule has 33 heavy (non-hydrogen) atoms. The summed E-state index contributed by atoms with van der Waals surface area (Å²) >= 11 is 0. The van der Waals surface area contributed by atoms with Gasteiger partial charge in [0.05, 0.1) is 7.11 Å². The monoisotopic (exact) mass is 465 g/mol. The van der Waals surface area contributed by atoms with Gasteiger partial charge in [0.2, 0.25) is 17.8 Å². The summed E-state index contributed by atoms with van der Waals surface area (Å²) in [5.41, 5.74) is 1.32. The van der Waals surface area contributed by atoms with Gasteiger partial charge in [-0.25, -0.2) is 0 Å². The number of rotatable bonds is 3.